The van der Waals surface area contributed by atoms with E-state index in [9.17, 15) is 13.6 Å². The zero-order valence-corrected chi connectivity index (χ0v) is 19.0. The maximum Gasteiger partial charge on any atom is 0.280 e. The predicted octanol–water partition coefficient (Wildman–Crippen LogP) is 5.68. The number of carbonyl (C=O) groups excluding carboxylic acids is 1. The maximum atomic E-state index is 13.3. The lowest BCUT2D eigenvalue weighted by atomic mass is 9.99. The Labute approximate surface area is 200 Å². The van der Waals surface area contributed by atoms with E-state index >= 15 is 0 Å². The molecule has 9 heteroatoms. The molecule has 1 amide bonds. The van der Waals surface area contributed by atoms with Gasteiger partial charge in [-0.25, -0.2) is 18.7 Å². The van der Waals surface area contributed by atoms with E-state index in [-0.39, 0.29) is 24.2 Å². The van der Waals surface area contributed by atoms with Gasteiger partial charge >= 0.3 is 0 Å². The second-order valence-corrected chi connectivity index (χ2v) is 8.35. The summed E-state index contributed by atoms with van der Waals surface area (Å²) in [6.45, 7) is 2.84. The molecule has 0 spiro atoms. The molecule has 5 rings (SSSR count). The minimum Gasteiger partial charge on any atom is -0.377 e. The smallest absolute Gasteiger partial charge is 0.280 e. The van der Waals surface area contributed by atoms with Gasteiger partial charge in [-0.2, -0.15) is 0 Å². The van der Waals surface area contributed by atoms with Gasteiger partial charge in [0.1, 0.15) is 17.2 Å². The standard InChI is InChI=1S/C26H23F2N5O2/c1-16-9-12-35-15-19-6-5-17(18-7-8-21(24(27)28)30-14-18)13-20(19)26(34)32-23-4-2-3-22(31-23)25-29-10-11-33(16)25/h2-8,10-11,13-14,16,24H,9,12,15H2,1H3,(H,31,32,34)/t16-/m0/s1. The van der Waals surface area contributed by atoms with Gasteiger partial charge in [0.25, 0.3) is 12.3 Å². The largest absolute Gasteiger partial charge is 0.377 e. The lowest BCUT2D eigenvalue weighted by molar-refractivity contribution is 0.0990. The van der Waals surface area contributed by atoms with E-state index < -0.39 is 6.43 Å². The van der Waals surface area contributed by atoms with Crippen LogP contribution in [0.1, 0.15) is 47.4 Å². The van der Waals surface area contributed by atoms with Crippen molar-refractivity contribution in [2.24, 2.45) is 0 Å². The third kappa shape index (κ3) is 4.81. The van der Waals surface area contributed by atoms with Crippen molar-refractivity contribution in [3.05, 3.63) is 83.9 Å². The van der Waals surface area contributed by atoms with Gasteiger partial charge in [-0.05, 0) is 48.7 Å². The lowest BCUT2D eigenvalue weighted by Crippen LogP contribution is -2.17. The summed E-state index contributed by atoms with van der Waals surface area (Å²) in [5.41, 5.74) is 2.81. The summed E-state index contributed by atoms with van der Waals surface area (Å²) in [6.07, 6.45) is 3.15. The van der Waals surface area contributed by atoms with Crippen LogP contribution in [-0.2, 0) is 11.3 Å². The number of nitrogens with one attached hydrogen (secondary N) is 1. The number of imidazole rings is 1. The molecule has 1 aliphatic rings. The molecule has 4 aromatic rings. The fraction of sp³-hybridized carbons (Fsp3) is 0.231. The summed E-state index contributed by atoms with van der Waals surface area (Å²) >= 11 is 0. The van der Waals surface area contributed by atoms with Crippen molar-refractivity contribution in [2.45, 2.75) is 32.4 Å². The van der Waals surface area contributed by atoms with Crippen LogP contribution in [0.2, 0.25) is 0 Å². The van der Waals surface area contributed by atoms with Crippen LogP contribution < -0.4 is 5.32 Å². The van der Waals surface area contributed by atoms with Gasteiger partial charge in [-0.3, -0.25) is 9.78 Å². The Morgan fingerprint density at radius 1 is 1.11 bits per heavy atom. The molecule has 7 nitrogen and oxygen atoms in total. The number of amides is 1. The Hall–Kier alpha value is -3.98. The van der Waals surface area contributed by atoms with E-state index in [1.165, 1.54) is 12.3 Å². The number of ether oxygens (including phenoxy) is 1. The van der Waals surface area contributed by atoms with Crippen LogP contribution in [0.3, 0.4) is 0 Å². The average Bonchev–Trinajstić information content (AvgIpc) is 3.36. The molecule has 2 bridgehead atoms. The highest BCUT2D eigenvalue weighted by atomic mass is 19.3. The Balaban J connectivity index is 1.52. The molecule has 0 aliphatic carbocycles. The highest BCUT2D eigenvalue weighted by molar-refractivity contribution is 6.05. The Morgan fingerprint density at radius 3 is 2.77 bits per heavy atom. The normalized spacial score (nSPS) is 16.2. The van der Waals surface area contributed by atoms with Crippen LogP contribution in [0.5, 0.6) is 0 Å². The molecule has 0 unspecified atom stereocenters. The van der Waals surface area contributed by atoms with Gasteiger partial charge in [0, 0.05) is 42.4 Å². The molecule has 1 aromatic carbocycles. The maximum absolute atomic E-state index is 13.3. The summed E-state index contributed by atoms with van der Waals surface area (Å²) in [5.74, 6) is 0.765. The van der Waals surface area contributed by atoms with Crippen molar-refractivity contribution in [3.63, 3.8) is 0 Å². The zero-order chi connectivity index (χ0) is 24.4. The first-order valence-electron chi connectivity index (χ1n) is 11.3. The highest BCUT2D eigenvalue weighted by Crippen LogP contribution is 2.27. The van der Waals surface area contributed by atoms with Crippen molar-refractivity contribution >= 4 is 11.7 Å². The molecule has 0 saturated carbocycles. The van der Waals surface area contributed by atoms with E-state index in [0.717, 1.165) is 6.42 Å². The summed E-state index contributed by atoms with van der Waals surface area (Å²) in [4.78, 5) is 26.2. The molecule has 1 atom stereocenters. The van der Waals surface area contributed by atoms with E-state index in [2.05, 4.69) is 31.8 Å². The van der Waals surface area contributed by atoms with E-state index in [1.54, 1.807) is 24.4 Å². The first-order chi connectivity index (χ1) is 17.0. The topological polar surface area (TPSA) is 81.9 Å². The number of rotatable bonds is 2. The van der Waals surface area contributed by atoms with Crippen molar-refractivity contribution in [1.29, 1.82) is 0 Å². The molecule has 0 radical (unpaired) electrons. The van der Waals surface area contributed by atoms with E-state index in [1.807, 2.05) is 30.5 Å². The van der Waals surface area contributed by atoms with E-state index in [4.69, 9.17) is 4.74 Å². The van der Waals surface area contributed by atoms with Crippen LogP contribution in [0.25, 0.3) is 22.6 Å². The molecular weight excluding hydrogens is 452 g/mol. The van der Waals surface area contributed by atoms with E-state index in [0.29, 0.717) is 46.2 Å². The number of hydrogen-bond acceptors (Lipinski definition) is 5. The molecule has 1 aliphatic heterocycles. The number of nitrogens with zero attached hydrogens (tertiary/aromatic N) is 4. The minimum atomic E-state index is -2.64. The molecule has 4 heterocycles. The van der Waals surface area contributed by atoms with Crippen LogP contribution in [-0.4, -0.2) is 32.0 Å². The number of aromatic nitrogens is 4. The number of anilines is 1. The Morgan fingerprint density at radius 2 is 1.97 bits per heavy atom. The molecule has 0 saturated heterocycles. The minimum absolute atomic E-state index is 0.140. The molecule has 0 fully saturated rings. The molecule has 1 N–H and O–H groups in total. The number of pyridine rings is 2. The third-order valence-electron chi connectivity index (χ3n) is 6.00. The van der Waals surface area contributed by atoms with Gasteiger partial charge in [-0.1, -0.05) is 24.3 Å². The number of alkyl halides is 2. The first kappa shape index (κ1) is 22.8. The van der Waals surface area contributed by atoms with Gasteiger partial charge in [0.05, 0.1) is 6.61 Å². The third-order valence-corrected chi connectivity index (χ3v) is 6.00. The van der Waals surface area contributed by atoms with Gasteiger partial charge in [0.2, 0.25) is 0 Å². The number of halogens is 2. The molecule has 3 aromatic heterocycles. The monoisotopic (exact) mass is 475 g/mol. The Bertz CT molecular complexity index is 1350. The van der Waals surface area contributed by atoms with Crippen molar-refractivity contribution in [1.82, 2.24) is 19.5 Å². The van der Waals surface area contributed by atoms with Crippen LogP contribution in [0, 0.1) is 0 Å². The predicted molar refractivity (Wildman–Crippen MR) is 127 cm³/mol. The van der Waals surface area contributed by atoms with Crippen molar-refractivity contribution in [2.75, 3.05) is 11.9 Å². The second kappa shape index (κ2) is 9.71. The fourth-order valence-electron chi connectivity index (χ4n) is 4.05. The molecule has 178 valence electrons. The summed E-state index contributed by atoms with van der Waals surface area (Å²) < 4.78 is 33.7. The highest BCUT2D eigenvalue weighted by Gasteiger charge is 2.18. The van der Waals surface area contributed by atoms with Crippen LogP contribution in [0.15, 0.2) is 67.1 Å². The van der Waals surface area contributed by atoms with Crippen LogP contribution >= 0.6 is 0 Å². The summed E-state index contributed by atoms with van der Waals surface area (Å²) in [7, 11) is 0. The number of fused-ring (bicyclic) bond motifs is 5. The average molecular weight is 475 g/mol. The Kier molecular flexibility index (Phi) is 6.33. The van der Waals surface area contributed by atoms with Crippen molar-refractivity contribution < 1.29 is 18.3 Å². The van der Waals surface area contributed by atoms with Crippen molar-refractivity contribution in [3.8, 4) is 22.6 Å². The van der Waals surface area contributed by atoms with Gasteiger partial charge < -0.3 is 14.6 Å². The quantitative estimate of drug-likeness (QED) is 0.404. The lowest BCUT2D eigenvalue weighted by Gasteiger charge is -2.18. The summed E-state index contributed by atoms with van der Waals surface area (Å²) in [6, 6.07) is 13.8. The summed E-state index contributed by atoms with van der Waals surface area (Å²) in [5, 5.41) is 2.87. The first-order valence-corrected chi connectivity index (χ1v) is 11.3. The second-order valence-electron chi connectivity index (χ2n) is 8.35. The van der Waals surface area contributed by atoms with Gasteiger partial charge in [-0.15, -0.1) is 0 Å². The van der Waals surface area contributed by atoms with Gasteiger partial charge in [0.15, 0.2) is 5.82 Å². The SMILES string of the molecule is C[C@H]1CCOCc2ccc(-c3ccc(C(F)F)nc3)cc2C(=O)Nc2cccc(n2)-c2nccn21. The molecular formula is C26H23F2N5O2. The number of hydrogen-bond donors (Lipinski definition) is 1. The fourth-order valence-corrected chi connectivity index (χ4v) is 4.05. The number of benzene rings is 1. The van der Waals surface area contributed by atoms with Crippen LogP contribution in [0.4, 0.5) is 14.6 Å². The number of carbonyl (C=O) groups is 1. The zero-order valence-electron chi connectivity index (χ0n) is 19.0. The molecule has 35 heavy (non-hydrogen) atoms.